The van der Waals surface area contributed by atoms with Gasteiger partial charge in [0.1, 0.15) is 0 Å². The molecule has 0 spiro atoms. The van der Waals surface area contributed by atoms with Gasteiger partial charge in [-0.15, -0.1) is 0 Å². The van der Waals surface area contributed by atoms with E-state index in [4.69, 9.17) is 16.3 Å². The third kappa shape index (κ3) is 4.80. The second-order valence-corrected chi connectivity index (χ2v) is 5.50. The van der Waals surface area contributed by atoms with Crippen LogP contribution in [0.2, 0.25) is 5.02 Å². The topological polar surface area (TPSA) is 70.7 Å². The molecule has 0 radical (unpaired) electrons. The van der Waals surface area contributed by atoms with Crippen molar-refractivity contribution < 1.29 is 14.3 Å². The number of rotatable bonds is 3. The van der Waals surface area contributed by atoms with Gasteiger partial charge in [-0.3, -0.25) is 0 Å². The van der Waals surface area contributed by atoms with Crippen LogP contribution in [0.1, 0.15) is 19.8 Å². The Morgan fingerprint density at radius 2 is 2.09 bits per heavy atom. The SMILES string of the molecule is CCOC(=O)NC1CCN(C(=O)Nc2cccc(Cl)c2)CC1. The van der Waals surface area contributed by atoms with Gasteiger partial charge in [0, 0.05) is 29.8 Å². The number of halogens is 1. The van der Waals surface area contributed by atoms with E-state index in [9.17, 15) is 9.59 Å². The fraction of sp³-hybridized carbons (Fsp3) is 0.467. The monoisotopic (exact) mass is 325 g/mol. The maximum atomic E-state index is 12.2. The molecular weight excluding hydrogens is 306 g/mol. The molecule has 0 aliphatic carbocycles. The minimum Gasteiger partial charge on any atom is -0.450 e. The number of piperidine rings is 1. The number of hydrogen-bond donors (Lipinski definition) is 2. The standard InChI is InChI=1S/C15H20ClN3O3/c1-2-22-15(21)18-12-6-8-19(9-7-12)14(20)17-13-5-3-4-11(16)10-13/h3-5,10,12H,2,6-9H2,1H3,(H,17,20)(H,18,21). The second kappa shape index (κ2) is 7.89. The molecule has 1 heterocycles. The largest absolute Gasteiger partial charge is 0.450 e. The van der Waals surface area contributed by atoms with Crippen LogP contribution in [0.3, 0.4) is 0 Å². The van der Waals surface area contributed by atoms with E-state index in [0.717, 1.165) is 0 Å². The van der Waals surface area contributed by atoms with Crippen LogP contribution in [0.25, 0.3) is 0 Å². The van der Waals surface area contributed by atoms with Gasteiger partial charge >= 0.3 is 12.1 Å². The zero-order valence-electron chi connectivity index (χ0n) is 12.5. The van der Waals surface area contributed by atoms with Gasteiger partial charge in [-0.2, -0.15) is 0 Å². The number of carbonyl (C=O) groups excluding carboxylic acids is 2. The Bertz CT molecular complexity index is 531. The smallest absolute Gasteiger partial charge is 0.407 e. The van der Waals surface area contributed by atoms with E-state index in [-0.39, 0.29) is 12.1 Å². The lowest BCUT2D eigenvalue weighted by Gasteiger charge is -2.32. The Morgan fingerprint density at radius 1 is 1.36 bits per heavy atom. The molecule has 3 amide bonds. The maximum absolute atomic E-state index is 12.2. The summed E-state index contributed by atoms with van der Waals surface area (Å²) in [5.74, 6) is 0. The van der Waals surface area contributed by atoms with Gasteiger partial charge in [0.05, 0.1) is 6.61 Å². The van der Waals surface area contributed by atoms with Crippen LogP contribution < -0.4 is 10.6 Å². The van der Waals surface area contributed by atoms with E-state index in [0.29, 0.717) is 43.2 Å². The summed E-state index contributed by atoms with van der Waals surface area (Å²) in [5, 5.41) is 6.20. The van der Waals surface area contributed by atoms with E-state index < -0.39 is 6.09 Å². The number of likely N-dealkylation sites (tertiary alicyclic amines) is 1. The van der Waals surface area contributed by atoms with Crippen LogP contribution in [0, 0.1) is 0 Å². The first-order chi connectivity index (χ1) is 10.6. The molecular formula is C15H20ClN3O3. The average molecular weight is 326 g/mol. The van der Waals surface area contributed by atoms with Crippen molar-refractivity contribution in [2.45, 2.75) is 25.8 Å². The van der Waals surface area contributed by atoms with Crippen molar-refractivity contribution in [3.63, 3.8) is 0 Å². The van der Waals surface area contributed by atoms with Gasteiger partial charge in [-0.05, 0) is 38.0 Å². The zero-order valence-corrected chi connectivity index (χ0v) is 13.2. The molecule has 0 atom stereocenters. The first-order valence-corrected chi connectivity index (χ1v) is 7.71. The Morgan fingerprint density at radius 3 is 2.73 bits per heavy atom. The van der Waals surface area contributed by atoms with Crippen molar-refractivity contribution in [1.82, 2.24) is 10.2 Å². The first-order valence-electron chi connectivity index (χ1n) is 7.33. The molecule has 0 aromatic heterocycles. The maximum Gasteiger partial charge on any atom is 0.407 e. The molecule has 120 valence electrons. The van der Waals surface area contributed by atoms with Crippen molar-refractivity contribution in [3.05, 3.63) is 29.3 Å². The second-order valence-electron chi connectivity index (χ2n) is 5.07. The highest BCUT2D eigenvalue weighted by atomic mass is 35.5. The summed E-state index contributed by atoms with van der Waals surface area (Å²) in [7, 11) is 0. The molecule has 2 N–H and O–H groups in total. The lowest BCUT2D eigenvalue weighted by atomic mass is 10.1. The summed E-state index contributed by atoms with van der Waals surface area (Å²) in [6.07, 6.45) is 1.02. The molecule has 7 heteroatoms. The van der Waals surface area contributed by atoms with E-state index in [1.54, 1.807) is 36.1 Å². The van der Waals surface area contributed by atoms with Crippen LogP contribution >= 0.6 is 11.6 Å². The highest BCUT2D eigenvalue weighted by Gasteiger charge is 2.24. The predicted molar refractivity (Wildman–Crippen MR) is 85.2 cm³/mol. The molecule has 1 fully saturated rings. The van der Waals surface area contributed by atoms with Gasteiger partial charge in [0.15, 0.2) is 0 Å². The van der Waals surface area contributed by atoms with Crippen molar-refractivity contribution in [1.29, 1.82) is 0 Å². The fourth-order valence-corrected chi connectivity index (χ4v) is 2.53. The number of nitrogens with zero attached hydrogens (tertiary/aromatic N) is 1. The predicted octanol–water partition coefficient (Wildman–Crippen LogP) is 3.08. The molecule has 1 saturated heterocycles. The molecule has 1 aromatic carbocycles. The van der Waals surface area contributed by atoms with E-state index >= 15 is 0 Å². The summed E-state index contributed by atoms with van der Waals surface area (Å²) in [6, 6.07) is 6.93. The number of ether oxygens (including phenoxy) is 1. The van der Waals surface area contributed by atoms with Crippen molar-refractivity contribution in [2.75, 3.05) is 25.0 Å². The fourth-order valence-electron chi connectivity index (χ4n) is 2.34. The highest BCUT2D eigenvalue weighted by Crippen LogP contribution is 2.17. The Hall–Kier alpha value is -1.95. The van der Waals surface area contributed by atoms with E-state index in [1.165, 1.54) is 0 Å². The molecule has 6 nitrogen and oxygen atoms in total. The Labute approximate surface area is 134 Å². The summed E-state index contributed by atoms with van der Waals surface area (Å²) >= 11 is 5.89. The van der Waals surface area contributed by atoms with E-state index in [1.807, 2.05) is 0 Å². The van der Waals surface area contributed by atoms with Crippen molar-refractivity contribution in [3.8, 4) is 0 Å². The normalized spacial score (nSPS) is 15.3. The van der Waals surface area contributed by atoms with Gasteiger partial charge in [0.2, 0.25) is 0 Å². The molecule has 0 unspecified atom stereocenters. The number of nitrogens with one attached hydrogen (secondary N) is 2. The summed E-state index contributed by atoms with van der Waals surface area (Å²) < 4.78 is 4.85. The van der Waals surface area contributed by atoms with Crippen molar-refractivity contribution in [2.24, 2.45) is 0 Å². The minimum absolute atomic E-state index is 0.0502. The number of alkyl carbamates (subject to hydrolysis) is 1. The van der Waals surface area contributed by atoms with Gasteiger partial charge in [-0.1, -0.05) is 17.7 Å². The van der Waals surface area contributed by atoms with Gasteiger partial charge in [0.25, 0.3) is 0 Å². The molecule has 1 aliphatic heterocycles. The van der Waals surface area contributed by atoms with Crippen LogP contribution in [-0.2, 0) is 4.74 Å². The van der Waals surface area contributed by atoms with Crippen LogP contribution in [0.5, 0.6) is 0 Å². The van der Waals surface area contributed by atoms with Gasteiger partial charge in [-0.25, -0.2) is 9.59 Å². The third-order valence-corrected chi connectivity index (χ3v) is 3.69. The lowest BCUT2D eigenvalue weighted by molar-refractivity contribution is 0.140. The van der Waals surface area contributed by atoms with Crippen LogP contribution in [0.15, 0.2) is 24.3 Å². The van der Waals surface area contributed by atoms with Crippen LogP contribution in [0.4, 0.5) is 15.3 Å². The number of amides is 3. The Balaban J connectivity index is 1.78. The van der Waals surface area contributed by atoms with Gasteiger partial charge < -0.3 is 20.3 Å². The number of carbonyl (C=O) groups is 2. The quantitative estimate of drug-likeness (QED) is 0.897. The molecule has 0 saturated carbocycles. The summed E-state index contributed by atoms with van der Waals surface area (Å²) in [4.78, 5) is 25.3. The number of benzene rings is 1. The number of urea groups is 1. The van der Waals surface area contributed by atoms with Crippen molar-refractivity contribution >= 4 is 29.4 Å². The number of anilines is 1. The first kappa shape index (κ1) is 16.4. The third-order valence-electron chi connectivity index (χ3n) is 3.46. The Kier molecular flexibility index (Phi) is 5.89. The average Bonchev–Trinajstić information content (AvgIpc) is 2.48. The lowest BCUT2D eigenvalue weighted by Crippen LogP contribution is -2.47. The van der Waals surface area contributed by atoms with E-state index in [2.05, 4.69) is 10.6 Å². The molecule has 1 aliphatic rings. The molecule has 1 aromatic rings. The zero-order chi connectivity index (χ0) is 15.9. The summed E-state index contributed by atoms with van der Waals surface area (Å²) in [6.45, 7) is 3.29. The minimum atomic E-state index is -0.399. The highest BCUT2D eigenvalue weighted by molar-refractivity contribution is 6.30. The summed E-state index contributed by atoms with van der Waals surface area (Å²) in [5.41, 5.74) is 0.671. The number of hydrogen-bond acceptors (Lipinski definition) is 3. The molecule has 0 bridgehead atoms. The molecule has 22 heavy (non-hydrogen) atoms. The molecule has 2 rings (SSSR count). The van der Waals surface area contributed by atoms with Crippen LogP contribution in [-0.4, -0.2) is 42.8 Å².